The van der Waals surface area contributed by atoms with Crippen LogP contribution < -0.4 is 4.90 Å². The lowest BCUT2D eigenvalue weighted by Crippen LogP contribution is -2.49. The number of rotatable bonds is 6. The van der Waals surface area contributed by atoms with E-state index in [0.29, 0.717) is 25.2 Å². The predicted molar refractivity (Wildman–Crippen MR) is 104 cm³/mol. The first-order chi connectivity index (χ1) is 12.0. The molecule has 1 N–H and O–H groups in total. The van der Waals surface area contributed by atoms with Gasteiger partial charge in [0.2, 0.25) is 0 Å². The molecular weight excluding hydrogens is 336 g/mol. The van der Waals surface area contributed by atoms with Crippen molar-refractivity contribution >= 4 is 17.3 Å². The molecule has 1 heterocycles. The standard InChI is InChI=1S/C20H31ClN2O2/c1-15-6-7-17(21)12-19(15)23-10-8-22(9-11-23)13-18(24)14-25-20-5-3-4-16(20)2/h6-7,12,16,18,20,24H,3-5,8-11,13-14H2,1-2H3/t16-,18+,20+/m0/s1. The number of aliphatic hydroxyl groups excluding tert-OH is 1. The number of nitrogens with zero attached hydrogens (tertiary/aromatic N) is 2. The zero-order valence-corrected chi connectivity index (χ0v) is 16.2. The van der Waals surface area contributed by atoms with E-state index in [1.807, 2.05) is 6.07 Å². The van der Waals surface area contributed by atoms with Gasteiger partial charge in [-0.1, -0.05) is 31.0 Å². The largest absolute Gasteiger partial charge is 0.389 e. The van der Waals surface area contributed by atoms with Crippen molar-refractivity contribution < 1.29 is 9.84 Å². The second kappa shape index (κ2) is 8.72. The van der Waals surface area contributed by atoms with E-state index in [1.165, 1.54) is 24.1 Å². The summed E-state index contributed by atoms with van der Waals surface area (Å²) in [4.78, 5) is 4.73. The molecule has 5 heteroatoms. The predicted octanol–water partition coefficient (Wildman–Crippen LogP) is 3.34. The molecule has 1 saturated heterocycles. The second-order valence-corrected chi connectivity index (χ2v) is 8.09. The molecule has 0 bridgehead atoms. The molecule has 4 nitrogen and oxygen atoms in total. The van der Waals surface area contributed by atoms with E-state index < -0.39 is 6.10 Å². The molecule has 2 fully saturated rings. The molecule has 1 saturated carbocycles. The number of hydrogen-bond donors (Lipinski definition) is 1. The van der Waals surface area contributed by atoms with E-state index in [2.05, 4.69) is 35.8 Å². The van der Waals surface area contributed by atoms with E-state index >= 15 is 0 Å². The van der Waals surface area contributed by atoms with Crippen LogP contribution in [0.1, 0.15) is 31.7 Å². The van der Waals surface area contributed by atoms with Crippen LogP contribution >= 0.6 is 11.6 Å². The lowest BCUT2D eigenvalue weighted by molar-refractivity contribution is -0.0321. The Kier molecular flexibility index (Phi) is 6.61. The van der Waals surface area contributed by atoms with Crippen LogP contribution in [0.25, 0.3) is 0 Å². The fourth-order valence-electron chi connectivity index (χ4n) is 4.04. The van der Waals surface area contributed by atoms with Gasteiger partial charge in [-0.25, -0.2) is 0 Å². The summed E-state index contributed by atoms with van der Waals surface area (Å²) in [5.74, 6) is 0.636. The molecule has 0 radical (unpaired) electrons. The van der Waals surface area contributed by atoms with Crippen LogP contribution in [0.3, 0.4) is 0 Å². The van der Waals surface area contributed by atoms with E-state index in [1.54, 1.807) is 0 Å². The van der Waals surface area contributed by atoms with Gasteiger partial charge >= 0.3 is 0 Å². The van der Waals surface area contributed by atoms with Crippen molar-refractivity contribution in [3.05, 3.63) is 28.8 Å². The first-order valence-electron chi connectivity index (χ1n) is 9.56. The lowest BCUT2D eigenvalue weighted by Gasteiger charge is -2.37. The molecule has 3 rings (SSSR count). The summed E-state index contributed by atoms with van der Waals surface area (Å²) in [5, 5.41) is 11.1. The lowest BCUT2D eigenvalue weighted by atomic mass is 10.1. The molecule has 1 aromatic carbocycles. The smallest absolute Gasteiger partial charge is 0.0900 e. The highest BCUT2D eigenvalue weighted by Gasteiger charge is 2.26. The van der Waals surface area contributed by atoms with Crippen LogP contribution in [0.4, 0.5) is 5.69 Å². The van der Waals surface area contributed by atoms with Crippen molar-refractivity contribution in [2.24, 2.45) is 5.92 Å². The Morgan fingerprint density at radius 1 is 1.24 bits per heavy atom. The number of aryl methyl sites for hydroxylation is 1. The fourth-order valence-corrected chi connectivity index (χ4v) is 4.21. The minimum Gasteiger partial charge on any atom is -0.389 e. The first-order valence-corrected chi connectivity index (χ1v) is 9.94. The number of ether oxygens (including phenoxy) is 1. The van der Waals surface area contributed by atoms with Gasteiger partial charge in [-0.3, -0.25) is 4.90 Å². The summed E-state index contributed by atoms with van der Waals surface area (Å²) in [7, 11) is 0. The maximum atomic E-state index is 10.3. The average molecular weight is 367 g/mol. The van der Waals surface area contributed by atoms with Gasteiger partial charge in [-0.15, -0.1) is 0 Å². The molecule has 3 atom stereocenters. The summed E-state index contributed by atoms with van der Waals surface area (Å²) in [6.07, 6.45) is 3.61. The van der Waals surface area contributed by atoms with E-state index in [9.17, 15) is 5.11 Å². The van der Waals surface area contributed by atoms with E-state index in [-0.39, 0.29) is 0 Å². The minimum atomic E-state index is -0.396. The van der Waals surface area contributed by atoms with E-state index in [4.69, 9.17) is 16.3 Å². The molecule has 1 aliphatic carbocycles. The number of hydrogen-bond acceptors (Lipinski definition) is 4. The Morgan fingerprint density at radius 3 is 2.68 bits per heavy atom. The number of aliphatic hydroxyl groups is 1. The minimum absolute atomic E-state index is 0.345. The summed E-state index contributed by atoms with van der Waals surface area (Å²) >= 11 is 6.15. The van der Waals surface area contributed by atoms with Gasteiger partial charge in [0.25, 0.3) is 0 Å². The molecule has 1 aromatic rings. The van der Waals surface area contributed by atoms with Gasteiger partial charge in [0.1, 0.15) is 0 Å². The summed E-state index contributed by atoms with van der Waals surface area (Å²) in [6.45, 7) is 9.39. The highest BCUT2D eigenvalue weighted by molar-refractivity contribution is 6.30. The van der Waals surface area contributed by atoms with Crippen LogP contribution in [0.5, 0.6) is 0 Å². The van der Waals surface area contributed by atoms with Crippen LogP contribution in [0, 0.1) is 12.8 Å². The molecule has 0 spiro atoms. The fraction of sp³-hybridized carbons (Fsp3) is 0.700. The van der Waals surface area contributed by atoms with Crippen LogP contribution in [-0.2, 0) is 4.74 Å². The third kappa shape index (κ3) is 5.10. The molecule has 0 aromatic heterocycles. The third-order valence-corrected chi connectivity index (χ3v) is 5.87. The Morgan fingerprint density at radius 2 is 2.00 bits per heavy atom. The topological polar surface area (TPSA) is 35.9 Å². The Balaban J connectivity index is 1.42. The third-order valence-electron chi connectivity index (χ3n) is 5.64. The average Bonchev–Trinajstić information content (AvgIpc) is 3.01. The molecular formula is C20H31ClN2O2. The van der Waals surface area contributed by atoms with E-state index in [0.717, 1.165) is 37.6 Å². The second-order valence-electron chi connectivity index (χ2n) is 7.65. The molecule has 140 valence electrons. The van der Waals surface area contributed by atoms with Crippen molar-refractivity contribution in [3.8, 4) is 0 Å². The van der Waals surface area contributed by atoms with Crippen molar-refractivity contribution in [3.63, 3.8) is 0 Å². The van der Waals surface area contributed by atoms with Crippen LogP contribution in [0.2, 0.25) is 5.02 Å². The normalized spacial score (nSPS) is 26.2. The molecule has 0 unspecified atom stereocenters. The molecule has 25 heavy (non-hydrogen) atoms. The maximum Gasteiger partial charge on any atom is 0.0900 e. The van der Waals surface area contributed by atoms with Crippen LogP contribution in [0.15, 0.2) is 18.2 Å². The summed E-state index contributed by atoms with van der Waals surface area (Å²) in [5.41, 5.74) is 2.49. The van der Waals surface area contributed by atoms with Crippen molar-refractivity contribution in [1.29, 1.82) is 0 Å². The summed E-state index contributed by atoms with van der Waals surface area (Å²) < 4.78 is 5.94. The molecule has 0 amide bonds. The highest BCUT2D eigenvalue weighted by atomic mass is 35.5. The number of benzene rings is 1. The Hall–Kier alpha value is -0.810. The zero-order valence-electron chi connectivity index (χ0n) is 15.5. The maximum absolute atomic E-state index is 10.3. The van der Waals surface area contributed by atoms with Gasteiger partial charge in [0, 0.05) is 43.4 Å². The van der Waals surface area contributed by atoms with Crippen molar-refractivity contribution in [2.45, 2.75) is 45.3 Å². The van der Waals surface area contributed by atoms with Gasteiger partial charge in [0.15, 0.2) is 0 Å². The summed E-state index contributed by atoms with van der Waals surface area (Å²) in [6, 6.07) is 6.07. The Labute approximate surface area is 156 Å². The highest BCUT2D eigenvalue weighted by Crippen LogP contribution is 2.28. The van der Waals surface area contributed by atoms with Gasteiger partial charge in [-0.2, -0.15) is 0 Å². The quantitative estimate of drug-likeness (QED) is 0.837. The monoisotopic (exact) mass is 366 g/mol. The Bertz CT molecular complexity index is 561. The number of halogens is 1. The number of anilines is 1. The van der Waals surface area contributed by atoms with Gasteiger partial charge in [-0.05, 0) is 43.4 Å². The molecule has 1 aliphatic heterocycles. The number of piperazine rings is 1. The van der Waals surface area contributed by atoms with Crippen LogP contribution in [-0.4, -0.2) is 61.5 Å². The number of β-amino-alcohol motifs (C(OH)–C–C–N with tert-alkyl or cyclic N) is 1. The van der Waals surface area contributed by atoms with Crippen molar-refractivity contribution in [1.82, 2.24) is 4.90 Å². The SMILES string of the molecule is Cc1ccc(Cl)cc1N1CCN(C[C@@H](O)CO[C@@H]2CCC[C@@H]2C)CC1. The first kappa shape index (κ1) is 19.0. The molecule has 2 aliphatic rings. The van der Waals surface area contributed by atoms with Gasteiger partial charge < -0.3 is 14.7 Å². The van der Waals surface area contributed by atoms with Crippen molar-refractivity contribution in [2.75, 3.05) is 44.2 Å². The van der Waals surface area contributed by atoms with Gasteiger partial charge in [0.05, 0.1) is 18.8 Å². The zero-order chi connectivity index (χ0) is 17.8.